The third-order valence-electron chi connectivity index (χ3n) is 3.34. The minimum Gasteiger partial charge on any atom is -0.374 e. The van der Waals surface area contributed by atoms with E-state index >= 15 is 0 Å². The van der Waals surface area contributed by atoms with E-state index in [9.17, 15) is 20.2 Å². The standard InChI is InChI=1S/C12H10N4O4/c17-15(18)9-5-1-3-7-11(9)14-12-8(13-7)4-2-6-10(12)16(19)20/h1-7,11,13-14H. The van der Waals surface area contributed by atoms with Gasteiger partial charge in [-0.05, 0) is 6.07 Å². The van der Waals surface area contributed by atoms with E-state index in [4.69, 9.17) is 0 Å². The summed E-state index contributed by atoms with van der Waals surface area (Å²) < 4.78 is 0. The highest BCUT2D eigenvalue weighted by Gasteiger charge is 2.38. The molecule has 0 saturated carbocycles. The Kier molecular flexibility index (Phi) is 2.63. The van der Waals surface area contributed by atoms with Crippen molar-refractivity contribution >= 4 is 17.1 Å². The summed E-state index contributed by atoms with van der Waals surface area (Å²) >= 11 is 0. The zero-order valence-corrected chi connectivity index (χ0v) is 10.1. The number of hydrogen-bond acceptors (Lipinski definition) is 6. The van der Waals surface area contributed by atoms with Gasteiger partial charge in [-0.3, -0.25) is 20.2 Å². The predicted molar refractivity (Wildman–Crippen MR) is 72.1 cm³/mol. The largest absolute Gasteiger partial charge is 0.374 e. The number of nitrogens with one attached hydrogen (secondary N) is 2. The predicted octanol–water partition coefficient (Wildman–Crippen LogP) is 1.90. The minimum atomic E-state index is -0.636. The van der Waals surface area contributed by atoms with Gasteiger partial charge in [0, 0.05) is 12.1 Å². The molecule has 0 fully saturated rings. The lowest BCUT2D eigenvalue weighted by Gasteiger charge is -2.33. The van der Waals surface area contributed by atoms with E-state index in [1.807, 2.05) is 0 Å². The van der Waals surface area contributed by atoms with E-state index in [0.717, 1.165) is 0 Å². The fourth-order valence-corrected chi connectivity index (χ4v) is 2.44. The second-order valence-corrected chi connectivity index (χ2v) is 4.48. The molecule has 2 unspecified atom stereocenters. The van der Waals surface area contributed by atoms with Gasteiger partial charge in [-0.1, -0.05) is 18.2 Å². The maximum Gasteiger partial charge on any atom is 0.294 e. The molecule has 2 N–H and O–H groups in total. The number of nitrogens with zero attached hydrogens (tertiary/aromatic N) is 2. The molecule has 0 aromatic heterocycles. The molecule has 0 radical (unpaired) electrons. The highest BCUT2D eigenvalue weighted by Crippen LogP contribution is 2.38. The van der Waals surface area contributed by atoms with Crippen LogP contribution >= 0.6 is 0 Å². The lowest BCUT2D eigenvalue weighted by atomic mass is 9.95. The molecule has 8 heteroatoms. The van der Waals surface area contributed by atoms with Crippen molar-refractivity contribution in [1.82, 2.24) is 0 Å². The fraction of sp³-hybridized carbons (Fsp3) is 0.167. The zero-order valence-electron chi connectivity index (χ0n) is 10.1. The van der Waals surface area contributed by atoms with Crippen molar-refractivity contribution in [3.05, 3.63) is 62.4 Å². The second kappa shape index (κ2) is 4.34. The lowest BCUT2D eigenvalue weighted by Crippen LogP contribution is -2.46. The number of nitro groups is 2. The zero-order chi connectivity index (χ0) is 14.3. The minimum absolute atomic E-state index is 0.0196. The molecule has 0 saturated heterocycles. The van der Waals surface area contributed by atoms with Crippen molar-refractivity contribution in [2.75, 3.05) is 10.6 Å². The van der Waals surface area contributed by atoms with Gasteiger partial charge < -0.3 is 10.6 Å². The third kappa shape index (κ3) is 1.78. The molecule has 20 heavy (non-hydrogen) atoms. The van der Waals surface area contributed by atoms with Crippen molar-refractivity contribution in [2.45, 2.75) is 12.1 Å². The first kappa shape index (κ1) is 12.2. The quantitative estimate of drug-likeness (QED) is 0.629. The van der Waals surface area contributed by atoms with Crippen LogP contribution < -0.4 is 10.6 Å². The Morgan fingerprint density at radius 2 is 1.90 bits per heavy atom. The first-order valence-corrected chi connectivity index (χ1v) is 5.91. The first-order chi connectivity index (χ1) is 9.58. The topological polar surface area (TPSA) is 110 Å². The second-order valence-electron chi connectivity index (χ2n) is 4.48. The number of rotatable bonds is 2. The van der Waals surface area contributed by atoms with Crippen LogP contribution in [-0.4, -0.2) is 21.9 Å². The maximum absolute atomic E-state index is 11.0. The molecular formula is C12H10N4O4. The molecule has 0 spiro atoms. The van der Waals surface area contributed by atoms with Crippen molar-refractivity contribution in [3.63, 3.8) is 0 Å². The number of nitro benzene ring substituents is 1. The summed E-state index contributed by atoms with van der Waals surface area (Å²) in [5, 5.41) is 28.1. The van der Waals surface area contributed by atoms with Gasteiger partial charge in [-0.15, -0.1) is 0 Å². The Morgan fingerprint density at radius 3 is 2.60 bits per heavy atom. The summed E-state index contributed by atoms with van der Waals surface area (Å²) in [6.45, 7) is 0. The molecule has 0 amide bonds. The number of benzene rings is 1. The number of fused-ring (bicyclic) bond motifs is 2. The van der Waals surface area contributed by atoms with Crippen molar-refractivity contribution in [2.24, 2.45) is 0 Å². The van der Waals surface area contributed by atoms with Crippen LogP contribution in [0, 0.1) is 20.2 Å². The van der Waals surface area contributed by atoms with Crippen LogP contribution in [0.3, 0.4) is 0 Å². The average Bonchev–Trinajstić information content (AvgIpc) is 2.43. The Balaban J connectivity index is 2.06. The SMILES string of the molecule is O=[N+]([O-])C1=CC=CC2Nc3cccc([N+](=O)[O-])c3NC12. The van der Waals surface area contributed by atoms with Gasteiger partial charge in [-0.25, -0.2) is 0 Å². The normalized spacial score (nSPS) is 22.7. The summed E-state index contributed by atoms with van der Waals surface area (Å²) in [5.41, 5.74) is 0.719. The number of allylic oxidation sites excluding steroid dienone is 2. The molecule has 2 atom stereocenters. The van der Waals surface area contributed by atoms with E-state index in [-0.39, 0.29) is 23.1 Å². The molecule has 1 aromatic rings. The Labute approximate surface area is 113 Å². The van der Waals surface area contributed by atoms with E-state index in [1.54, 1.807) is 24.3 Å². The van der Waals surface area contributed by atoms with Crippen LogP contribution in [0.1, 0.15) is 0 Å². The monoisotopic (exact) mass is 274 g/mol. The summed E-state index contributed by atoms with van der Waals surface area (Å²) in [7, 11) is 0. The molecule has 1 aliphatic carbocycles. The molecule has 3 rings (SSSR count). The van der Waals surface area contributed by atoms with Crippen LogP contribution in [0.25, 0.3) is 0 Å². The number of anilines is 2. The summed E-state index contributed by atoms with van der Waals surface area (Å²) in [6, 6.07) is 3.69. The van der Waals surface area contributed by atoms with Crippen molar-refractivity contribution in [1.29, 1.82) is 0 Å². The molecule has 1 heterocycles. The van der Waals surface area contributed by atoms with Gasteiger partial charge >= 0.3 is 0 Å². The van der Waals surface area contributed by atoms with Crippen LogP contribution in [0.2, 0.25) is 0 Å². The van der Waals surface area contributed by atoms with Gasteiger partial charge in [0.15, 0.2) is 0 Å². The van der Waals surface area contributed by atoms with Gasteiger partial charge in [0.25, 0.3) is 11.4 Å². The van der Waals surface area contributed by atoms with Gasteiger partial charge in [0.1, 0.15) is 11.7 Å². The Bertz CT molecular complexity index is 667. The third-order valence-corrected chi connectivity index (χ3v) is 3.34. The van der Waals surface area contributed by atoms with Crippen LogP contribution in [-0.2, 0) is 0 Å². The van der Waals surface area contributed by atoms with Crippen LogP contribution in [0.5, 0.6) is 0 Å². The molecule has 1 aromatic carbocycles. The molecule has 1 aliphatic heterocycles. The van der Waals surface area contributed by atoms with E-state index in [0.29, 0.717) is 5.69 Å². The van der Waals surface area contributed by atoms with E-state index < -0.39 is 15.9 Å². The molecular weight excluding hydrogens is 264 g/mol. The number of para-hydroxylation sites is 1. The highest BCUT2D eigenvalue weighted by atomic mass is 16.6. The highest BCUT2D eigenvalue weighted by molar-refractivity contribution is 5.82. The van der Waals surface area contributed by atoms with E-state index in [1.165, 1.54) is 12.1 Å². The smallest absolute Gasteiger partial charge is 0.294 e. The van der Waals surface area contributed by atoms with E-state index in [2.05, 4.69) is 10.6 Å². The summed E-state index contributed by atoms with van der Waals surface area (Å²) in [6.07, 6.45) is 4.79. The number of hydrogen-bond donors (Lipinski definition) is 2. The Hall–Kier alpha value is -2.90. The average molecular weight is 274 g/mol. The molecule has 8 nitrogen and oxygen atoms in total. The molecule has 2 aliphatic rings. The first-order valence-electron chi connectivity index (χ1n) is 5.91. The van der Waals surface area contributed by atoms with Gasteiger partial charge in [-0.2, -0.15) is 0 Å². The Morgan fingerprint density at radius 1 is 1.10 bits per heavy atom. The fourth-order valence-electron chi connectivity index (χ4n) is 2.44. The van der Waals surface area contributed by atoms with Gasteiger partial charge in [0.05, 0.1) is 21.6 Å². The van der Waals surface area contributed by atoms with Crippen LogP contribution in [0.15, 0.2) is 42.1 Å². The van der Waals surface area contributed by atoms with Crippen molar-refractivity contribution < 1.29 is 9.85 Å². The maximum atomic E-state index is 11.0. The lowest BCUT2D eigenvalue weighted by molar-refractivity contribution is -0.429. The van der Waals surface area contributed by atoms with Gasteiger partial charge in [0.2, 0.25) is 0 Å². The van der Waals surface area contributed by atoms with Crippen LogP contribution in [0.4, 0.5) is 17.1 Å². The summed E-state index contributed by atoms with van der Waals surface area (Å²) in [5.74, 6) is 0. The molecule has 0 bridgehead atoms. The van der Waals surface area contributed by atoms with Crippen molar-refractivity contribution in [3.8, 4) is 0 Å². The summed E-state index contributed by atoms with van der Waals surface area (Å²) in [4.78, 5) is 21.1. The molecule has 102 valence electrons.